The van der Waals surface area contributed by atoms with Crippen LogP contribution in [-0.2, 0) is 36.9 Å². The normalized spacial score (nSPS) is 21.9. The molecular weight excluding hydrogens is 372 g/mol. The topological polar surface area (TPSA) is 88.5 Å². The predicted octanol–water partition coefficient (Wildman–Crippen LogP) is 4.09. The quantitative estimate of drug-likeness (QED) is 0.533. The molecule has 0 radical (unpaired) electrons. The Kier molecular flexibility index (Phi) is 5.69. The van der Waals surface area contributed by atoms with Crippen molar-refractivity contribution in [2.24, 2.45) is 11.7 Å². The molecular formula is C22H28N2O3S. The second-order valence-corrected chi connectivity index (χ2v) is 8.89. The minimum absolute atomic E-state index is 0.250. The molecule has 5 nitrogen and oxygen atoms in total. The molecule has 28 heavy (non-hydrogen) atoms. The summed E-state index contributed by atoms with van der Waals surface area (Å²) < 4.78 is 9.69. The van der Waals surface area contributed by atoms with Crippen LogP contribution < -0.4 is 10.5 Å². The number of anilines is 1. The largest absolute Gasteiger partial charge is 0.453 e. The molecule has 0 bridgehead atoms. The number of fused-ring (bicyclic) bond motifs is 3. The molecule has 0 spiro atoms. The van der Waals surface area contributed by atoms with Gasteiger partial charge in [0, 0.05) is 23.9 Å². The predicted molar refractivity (Wildman–Crippen MR) is 111 cm³/mol. The molecule has 4 N–H and O–H groups in total. The Balaban J connectivity index is 0.000000604. The van der Waals surface area contributed by atoms with Crippen LogP contribution in [0.15, 0.2) is 21.6 Å². The van der Waals surface area contributed by atoms with Crippen molar-refractivity contribution >= 4 is 24.0 Å². The van der Waals surface area contributed by atoms with Crippen molar-refractivity contribution in [2.45, 2.75) is 69.5 Å². The number of aliphatic hydroxyl groups is 1. The highest BCUT2D eigenvalue weighted by Crippen LogP contribution is 2.42. The fourth-order valence-corrected chi connectivity index (χ4v) is 5.64. The van der Waals surface area contributed by atoms with Gasteiger partial charge in [0.05, 0.1) is 11.8 Å². The number of furan rings is 1. The second-order valence-electron chi connectivity index (χ2n) is 8.08. The molecule has 6 heteroatoms. The lowest BCUT2D eigenvalue weighted by atomic mass is 9.88. The molecule has 2 aromatic rings. The molecule has 150 valence electrons. The Morgan fingerprint density at radius 2 is 1.82 bits per heavy atom. The lowest BCUT2D eigenvalue weighted by molar-refractivity contribution is -0.106. The van der Waals surface area contributed by atoms with Gasteiger partial charge < -0.3 is 20.0 Å². The first-order chi connectivity index (χ1) is 13.6. The molecule has 1 aromatic carbocycles. The third kappa shape index (κ3) is 3.67. The minimum Gasteiger partial charge on any atom is -0.453 e. The monoisotopic (exact) mass is 400 g/mol. The number of primary amides is 1. The highest BCUT2D eigenvalue weighted by molar-refractivity contribution is 8.00. The van der Waals surface area contributed by atoms with Gasteiger partial charge in [-0.05, 0) is 79.2 Å². The lowest BCUT2D eigenvalue weighted by Crippen LogP contribution is -2.14. The summed E-state index contributed by atoms with van der Waals surface area (Å²) in [7, 11) is 0. The zero-order chi connectivity index (χ0) is 19.7. The van der Waals surface area contributed by atoms with E-state index in [1.54, 1.807) is 23.1 Å². The van der Waals surface area contributed by atoms with Crippen LogP contribution in [-0.4, -0.2) is 11.5 Å². The Bertz CT molecular complexity index is 845. The van der Waals surface area contributed by atoms with Gasteiger partial charge >= 0.3 is 0 Å². The molecule has 0 saturated carbocycles. The highest BCUT2D eigenvalue weighted by Gasteiger charge is 2.28. The Morgan fingerprint density at radius 1 is 1.18 bits per heavy atom. The average molecular weight is 401 g/mol. The summed E-state index contributed by atoms with van der Waals surface area (Å²) >= 11 is 1.57. The zero-order valence-corrected chi connectivity index (χ0v) is 17.1. The first kappa shape index (κ1) is 19.4. The number of carbonyl (C=O) groups excluding carboxylic acids is 1. The highest BCUT2D eigenvalue weighted by atomic mass is 32.2. The summed E-state index contributed by atoms with van der Waals surface area (Å²) in [6.45, 7) is 2.18. The van der Waals surface area contributed by atoms with Crippen LogP contribution >= 0.6 is 11.9 Å². The number of nitrogens with two attached hydrogens (primary N) is 1. The van der Waals surface area contributed by atoms with E-state index in [1.165, 1.54) is 55.3 Å². The van der Waals surface area contributed by atoms with Gasteiger partial charge in [0.2, 0.25) is 6.41 Å². The molecule has 2 atom stereocenters. The lowest BCUT2D eigenvalue weighted by Gasteiger charge is -2.21. The fraction of sp³-hybridized carbons (Fsp3) is 0.500. The van der Waals surface area contributed by atoms with E-state index in [9.17, 15) is 5.11 Å². The Morgan fingerprint density at radius 3 is 2.46 bits per heavy atom. The average Bonchev–Trinajstić information content (AvgIpc) is 3.37. The van der Waals surface area contributed by atoms with Crippen LogP contribution in [0.25, 0.3) is 0 Å². The van der Waals surface area contributed by atoms with E-state index >= 15 is 0 Å². The van der Waals surface area contributed by atoms with Gasteiger partial charge in [0.25, 0.3) is 0 Å². The number of amides is 1. The molecule has 0 saturated heterocycles. The molecule has 5 rings (SSSR count). The van der Waals surface area contributed by atoms with Crippen LogP contribution in [0.1, 0.15) is 65.9 Å². The van der Waals surface area contributed by atoms with Crippen LogP contribution in [0.2, 0.25) is 0 Å². The number of benzene rings is 1. The van der Waals surface area contributed by atoms with E-state index in [2.05, 4.69) is 23.4 Å². The van der Waals surface area contributed by atoms with Crippen LogP contribution in [0, 0.1) is 5.92 Å². The van der Waals surface area contributed by atoms with Gasteiger partial charge in [0.1, 0.15) is 5.76 Å². The summed E-state index contributed by atoms with van der Waals surface area (Å²) in [5.74, 6) is 1.46. The summed E-state index contributed by atoms with van der Waals surface area (Å²) in [6, 6.07) is 4.50. The van der Waals surface area contributed by atoms with E-state index in [0.717, 1.165) is 29.3 Å². The third-order valence-corrected chi connectivity index (χ3v) is 6.77. The van der Waals surface area contributed by atoms with Gasteiger partial charge in [0.15, 0.2) is 5.09 Å². The van der Waals surface area contributed by atoms with Crippen LogP contribution in [0.5, 0.6) is 0 Å². The van der Waals surface area contributed by atoms with Crippen molar-refractivity contribution in [3.63, 3.8) is 0 Å². The summed E-state index contributed by atoms with van der Waals surface area (Å²) in [4.78, 5) is 8.58. The van der Waals surface area contributed by atoms with Crippen LogP contribution in [0.3, 0.4) is 0 Å². The van der Waals surface area contributed by atoms with Gasteiger partial charge in [-0.3, -0.25) is 4.79 Å². The van der Waals surface area contributed by atoms with E-state index in [-0.39, 0.29) is 12.5 Å². The van der Waals surface area contributed by atoms with E-state index in [4.69, 9.17) is 9.21 Å². The van der Waals surface area contributed by atoms with Gasteiger partial charge in [-0.15, -0.1) is 0 Å². The zero-order valence-electron chi connectivity index (χ0n) is 16.3. The van der Waals surface area contributed by atoms with Crippen molar-refractivity contribution in [3.05, 3.63) is 45.7 Å². The molecule has 0 aliphatic heterocycles. The van der Waals surface area contributed by atoms with Crippen LogP contribution in [0.4, 0.5) is 5.69 Å². The Hall–Kier alpha value is -1.92. The van der Waals surface area contributed by atoms with Crippen molar-refractivity contribution in [1.29, 1.82) is 0 Å². The number of hydrogen-bond donors (Lipinski definition) is 3. The summed E-state index contributed by atoms with van der Waals surface area (Å²) in [6.07, 6.45) is 9.02. The van der Waals surface area contributed by atoms with Gasteiger partial charge in [-0.25, -0.2) is 0 Å². The summed E-state index contributed by atoms with van der Waals surface area (Å²) in [5, 5.41) is 11.2. The van der Waals surface area contributed by atoms with Crippen molar-refractivity contribution < 1.29 is 14.3 Å². The minimum atomic E-state index is -0.373. The maximum atomic E-state index is 10.3. The first-order valence-corrected chi connectivity index (χ1v) is 11.0. The molecule has 1 aromatic heterocycles. The number of nitrogens with one attached hydrogen (secondary N) is 1. The molecule has 3 aliphatic rings. The van der Waals surface area contributed by atoms with E-state index in [0.29, 0.717) is 5.92 Å². The van der Waals surface area contributed by atoms with E-state index in [1.807, 2.05) is 6.07 Å². The molecule has 0 fully saturated rings. The number of hydrogen-bond acceptors (Lipinski definition) is 5. The molecule has 2 unspecified atom stereocenters. The molecule has 3 aliphatic carbocycles. The number of rotatable bonds is 3. The summed E-state index contributed by atoms with van der Waals surface area (Å²) in [5.41, 5.74) is 12.7. The first-order valence-electron chi connectivity index (χ1n) is 10.2. The SMILES string of the molecule is CC1Cc2oc(SNc3c4c(cc5c3CCC5)CCC4)cc2C(O)C1.NC=O. The maximum Gasteiger partial charge on any atom is 0.204 e. The standard InChI is InChI=1S/C21H25NO2S.CH3NO/c1-12-8-18(23)17-11-20(24-19(17)9-12)25-22-21-15-6-2-4-13(15)10-14-5-3-7-16(14)21;2-1-3/h10-12,18,22-23H,2-9H2,1H3;1H,(H2,2,3). The molecule has 1 heterocycles. The van der Waals surface area contributed by atoms with Crippen molar-refractivity contribution in [1.82, 2.24) is 0 Å². The van der Waals surface area contributed by atoms with Crippen molar-refractivity contribution in [2.75, 3.05) is 4.72 Å². The second kappa shape index (κ2) is 8.21. The fourth-order valence-electron chi connectivity index (χ4n) is 4.86. The maximum absolute atomic E-state index is 10.3. The smallest absolute Gasteiger partial charge is 0.204 e. The third-order valence-electron chi connectivity index (χ3n) is 6.06. The Labute approximate surface area is 170 Å². The van der Waals surface area contributed by atoms with E-state index < -0.39 is 0 Å². The number of aryl methyl sites for hydroxylation is 2. The number of aliphatic hydroxyl groups excluding tert-OH is 1. The number of carbonyl (C=O) groups is 1. The molecule has 1 amide bonds. The van der Waals surface area contributed by atoms with Gasteiger partial charge in [-0.1, -0.05) is 13.0 Å². The van der Waals surface area contributed by atoms with Crippen molar-refractivity contribution in [3.8, 4) is 0 Å². The van der Waals surface area contributed by atoms with Gasteiger partial charge in [-0.2, -0.15) is 0 Å².